The third-order valence-corrected chi connectivity index (χ3v) is 5.54. The number of rotatable bonds is 4. The number of amides is 1. The molecule has 3 heterocycles. The van der Waals surface area contributed by atoms with Crippen LogP contribution < -0.4 is 5.32 Å². The average molecular weight is 444 g/mol. The molecule has 9 nitrogen and oxygen atoms in total. The summed E-state index contributed by atoms with van der Waals surface area (Å²) in [4.78, 5) is 28.2. The molecule has 0 saturated heterocycles. The first-order valence-corrected chi connectivity index (χ1v) is 10.1. The van der Waals surface area contributed by atoms with Crippen LogP contribution in [0.5, 0.6) is 0 Å². The minimum absolute atomic E-state index is 0.156. The molecule has 0 unspecified atom stereocenters. The Morgan fingerprint density at radius 2 is 1.88 bits per heavy atom. The van der Waals surface area contributed by atoms with Gasteiger partial charge in [0.1, 0.15) is 11.6 Å². The highest BCUT2D eigenvalue weighted by Crippen LogP contribution is 2.40. The summed E-state index contributed by atoms with van der Waals surface area (Å²) in [6.07, 6.45) is 1.66. The van der Waals surface area contributed by atoms with E-state index in [0.717, 1.165) is 11.1 Å². The molecular formula is C23H17FN6O3. The molecule has 1 aliphatic rings. The molecular weight excluding hydrogens is 427 g/mol. The number of carbonyl (C=O) groups excluding carboxylic acids is 1. The Hall–Kier alpha value is -4.47. The van der Waals surface area contributed by atoms with Gasteiger partial charge in [0.2, 0.25) is 5.91 Å². The summed E-state index contributed by atoms with van der Waals surface area (Å²) < 4.78 is 14.7. The van der Waals surface area contributed by atoms with Crippen molar-refractivity contribution in [1.29, 1.82) is 0 Å². The molecule has 0 saturated carbocycles. The fraction of sp³-hybridized carbons (Fsp3) is 0.130. The lowest BCUT2D eigenvalue weighted by Gasteiger charge is -2.24. The van der Waals surface area contributed by atoms with Gasteiger partial charge in [0.15, 0.2) is 0 Å². The summed E-state index contributed by atoms with van der Waals surface area (Å²) in [5, 5.41) is 24.6. The van der Waals surface area contributed by atoms with E-state index in [2.05, 4.69) is 25.6 Å². The number of fused-ring (bicyclic) bond motifs is 1. The average Bonchev–Trinajstić information content (AvgIpc) is 3.15. The Morgan fingerprint density at radius 1 is 1.15 bits per heavy atom. The first-order chi connectivity index (χ1) is 15.9. The third kappa shape index (κ3) is 3.71. The largest absolute Gasteiger partial charge is 0.478 e. The van der Waals surface area contributed by atoms with Gasteiger partial charge in [0.05, 0.1) is 23.1 Å². The quantitative estimate of drug-likeness (QED) is 0.495. The van der Waals surface area contributed by atoms with E-state index in [9.17, 15) is 14.0 Å². The second kappa shape index (κ2) is 7.90. The number of halogens is 1. The summed E-state index contributed by atoms with van der Waals surface area (Å²) >= 11 is 0. The molecule has 2 aromatic carbocycles. The van der Waals surface area contributed by atoms with Crippen molar-refractivity contribution in [3.8, 4) is 17.2 Å². The third-order valence-electron chi connectivity index (χ3n) is 5.54. The number of nitrogens with zero attached hydrogens (tertiary/aromatic N) is 5. The smallest absolute Gasteiger partial charge is 0.335 e. The topological polar surface area (TPSA) is 123 Å². The van der Waals surface area contributed by atoms with Gasteiger partial charge in [-0.15, -0.1) is 5.10 Å². The molecule has 1 aliphatic heterocycles. The van der Waals surface area contributed by atoms with Crippen LogP contribution in [0.15, 0.2) is 54.7 Å². The highest BCUT2D eigenvalue weighted by atomic mass is 19.1. The number of aromatic carboxylic acids is 1. The van der Waals surface area contributed by atoms with Crippen molar-refractivity contribution in [2.45, 2.75) is 19.3 Å². The number of carboxylic acids is 1. The highest BCUT2D eigenvalue weighted by molar-refractivity contribution is 5.95. The maximum Gasteiger partial charge on any atom is 0.335 e. The van der Waals surface area contributed by atoms with Gasteiger partial charge in [-0.3, -0.25) is 4.79 Å². The van der Waals surface area contributed by atoms with E-state index in [0.29, 0.717) is 22.8 Å². The minimum Gasteiger partial charge on any atom is -0.478 e. The van der Waals surface area contributed by atoms with Crippen LogP contribution in [0, 0.1) is 12.7 Å². The zero-order valence-electron chi connectivity index (χ0n) is 17.4. The number of carbonyl (C=O) groups is 2. The van der Waals surface area contributed by atoms with Crippen molar-refractivity contribution in [2.75, 3.05) is 5.32 Å². The number of nitrogens with one attached hydrogen (secondary N) is 1. The fourth-order valence-corrected chi connectivity index (χ4v) is 3.98. The molecule has 2 N–H and O–H groups in total. The van der Waals surface area contributed by atoms with Crippen LogP contribution >= 0.6 is 0 Å². The molecule has 0 bridgehead atoms. The Balaban J connectivity index is 1.58. The first kappa shape index (κ1) is 20.4. The summed E-state index contributed by atoms with van der Waals surface area (Å²) in [5.41, 5.74) is 3.58. The predicted octanol–water partition coefficient (Wildman–Crippen LogP) is 3.34. The van der Waals surface area contributed by atoms with Crippen LogP contribution in [-0.4, -0.2) is 41.9 Å². The maximum absolute atomic E-state index is 13.3. The number of aryl methyl sites for hydroxylation is 1. The van der Waals surface area contributed by atoms with Crippen molar-refractivity contribution in [1.82, 2.24) is 25.0 Å². The molecule has 0 aliphatic carbocycles. The van der Waals surface area contributed by atoms with Gasteiger partial charge in [-0.1, -0.05) is 12.1 Å². The summed E-state index contributed by atoms with van der Waals surface area (Å²) in [7, 11) is 0. The molecule has 0 spiro atoms. The molecule has 2 aromatic heterocycles. The maximum atomic E-state index is 13.3. The molecule has 1 amide bonds. The lowest BCUT2D eigenvalue weighted by Crippen LogP contribution is -2.25. The second-order valence-corrected chi connectivity index (χ2v) is 7.64. The van der Waals surface area contributed by atoms with Gasteiger partial charge in [0, 0.05) is 23.5 Å². The van der Waals surface area contributed by atoms with E-state index in [1.54, 1.807) is 24.3 Å². The van der Waals surface area contributed by atoms with Crippen LogP contribution in [-0.2, 0) is 4.79 Å². The van der Waals surface area contributed by atoms with Gasteiger partial charge in [-0.2, -0.15) is 14.9 Å². The zero-order chi connectivity index (χ0) is 23.1. The van der Waals surface area contributed by atoms with E-state index in [-0.39, 0.29) is 35.6 Å². The fourth-order valence-electron chi connectivity index (χ4n) is 3.98. The predicted molar refractivity (Wildman–Crippen MR) is 116 cm³/mol. The lowest BCUT2D eigenvalue weighted by molar-refractivity contribution is -0.116. The number of benzene rings is 2. The summed E-state index contributed by atoms with van der Waals surface area (Å²) in [6.45, 7) is 1.82. The molecule has 0 radical (unpaired) electrons. The van der Waals surface area contributed by atoms with Crippen molar-refractivity contribution in [2.24, 2.45) is 0 Å². The second-order valence-electron chi connectivity index (χ2n) is 7.64. The summed E-state index contributed by atoms with van der Waals surface area (Å²) in [6, 6.07) is 12.3. The van der Waals surface area contributed by atoms with Crippen molar-refractivity contribution < 1.29 is 19.1 Å². The monoisotopic (exact) mass is 444 g/mol. The first-order valence-electron chi connectivity index (χ1n) is 10.1. The van der Waals surface area contributed by atoms with Gasteiger partial charge in [-0.05, 0) is 48.9 Å². The standard InChI is InChI=1S/C23H17FN6O3/c1-12-20-17(13-2-4-15(5-3-13)22(32)33)10-19(31)27-21(20)30(29-12)23-26-18(11-25-28-23)14-6-8-16(24)9-7-14/h2-9,11,17H,10H2,1H3,(H,27,31)(H,32,33)/t17-/m0/s1. The molecule has 33 heavy (non-hydrogen) atoms. The Morgan fingerprint density at radius 3 is 2.58 bits per heavy atom. The van der Waals surface area contributed by atoms with E-state index in [1.165, 1.54) is 35.1 Å². The van der Waals surface area contributed by atoms with Gasteiger partial charge >= 0.3 is 5.97 Å². The Labute approximate surface area is 186 Å². The van der Waals surface area contributed by atoms with E-state index in [1.807, 2.05) is 6.92 Å². The molecule has 1 atom stereocenters. The van der Waals surface area contributed by atoms with E-state index in [4.69, 9.17) is 5.11 Å². The van der Waals surface area contributed by atoms with Gasteiger partial charge < -0.3 is 10.4 Å². The van der Waals surface area contributed by atoms with Crippen molar-refractivity contribution >= 4 is 17.7 Å². The van der Waals surface area contributed by atoms with E-state index < -0.39 is 5.97 Å². The minimum atomic E-state index is -1.02. The summed E-state index contributed by atoms with van der Waals surface area (Å²) in [5.74, 6) is -1.30. The zero-order valence-corrected chi connectivity index (χ0v) is 17.4. The van der Waals surface area contributed by atoms with Gasteiger partial charge in [0.25, 0.3) is 5.95 Å². The molecule has 0 fully saturated rings. The normalized spacial score (nSPS) is 15.1. The molecule has 5 rings (SSSR count). The van der Waals surface area contributed by atoms with E-state index >= 15 is 0 Å². The molecule has 10 heteroatoms. The number of anilines is 1. The number of aromatic nitrogens is 5. The molecule has 4 aromatic rings. The van der Waals surface area contributed by atoms with Crippen LogP contribution in [0.4, 0.5) is 10.2 Å². The highest BCUT2D eigenvalue weighted by Gasteiger charge is 2.33. The van der Waals surface area contributed by atoms with Crippen molar-refractivity contribution in [3.05, 3.63) is 82.9 Å². The van der Waals surface area contributed by atoms with Crippen LogP contribution in [0.3, 0.4) is 0 Å². The number of hydrogen-bond acceptors (Lipinski definition) is 6. The Bertz CT molecular complexity index is 1380. The molecule has 164 valence electrons. The number of hydrogen-bond donors (Lipinski definition) is 2. The Kier molecular flexibility index (Phi) is 4.89. The lowest BCUT2D eigenvalue weighted by atomic mass is 9.85. The van der Waals surface area contributed by atoms with Crippen molar-refractivity contribution in [3.63, 3.8) is 0 Å². The van der Waals surface area contributed by atoms with Crippen LogP contribution in [0.25, 0.3) is 17.2 Å². The van der Waals surface area contributed by atoms with Gasteiger partial charge in [-0.25, -0.2) is 14.2 Å². The van der Waals surface area contributed by atoms with Crippen LogP contribution in [0.2, 0.25) is 0 Å². The SMILES string of the molecule is Cc1nn(-c2nncc(-c3ccc(F)cc3)n2)c2c1[C@H](c1ccc(C(=O)O)cc1)CC(=O)N2. The number of carboxylic acid groups (broad SMARTS) is 1. The van der Waals surface area contributed by atoms with Crippen LogP contribution in [0.1, 0.15) is 39.5 Å².